The summed E-state index contributed by atoms with van der Waals surface area (Å²) in [5.41, 5.74) is 0. The molecule has 0 saturated carbocycles. The van der Waals surface area contributed by atoms with Crippen molar-refractivity contribution in [3.63, 3.8) is 0 Å². The van der Waals surface area contributed by atoms with Gasteiger partial charge in [-0.05, 0) is 38.1 Å². The molecule has 170 valence electrons. The van der Waals surface area contributed by atoms with Crippen molar-refractivity contribution in [2.24, 2.45) is 0 Å². The van der Waals surface area contributed by atoms with Crippen molar-refractivity contribution in [2.75, 3.05) is 49.1 Å². The fraction of sp³-hybridized carbons (Fsp3) is 0.474. The molecule has 0 bridgehead atoms. The molecule has 0 amide bonds. The van der Waals surface area contributed by atoms with Gasteiger partial charge < -0.3 is 14.5 Å². The molecule has 1 aliphatic rings. The average Bonchev–Trinajstić information content (AvgIpc) is 2.74. The van der Waals surface area contributed by atoms with Crippen LogP contribution in [0.3, 0.4) is 0 Å². The smallest absolute Gasteiger partial charge is 0.404 e. The Balaban J connectivity index is 1.71. The molecule has 0 aliphatic carbocycles. The second kappa shape index (κ2) is 9.27. The first-order valence-corrected chi connectivity index (χ1v) is 11.3. The van der Waals surface area contributed by atoms with Crippen LogP contribution in [-0.2, 0) is 10.0 Å². The first kappa shape index (κ1) is 23.1. The van der Waals surface area contributed by atoms with Gasteiger partial charge in [-0.1, -0.05) is 12.1 Å². The van der Waals surface area contributed by atoms with Crippen molar-refractivity contribution in [3.8, 4) is 5.75 Å². The minimum absolute atomic E-state index is 0.0994. The zero-order valence-corrected chi connectivity index (χ0v) is 18.0. The number of benzene rings is 1. The number of piperazine rings is 1. The lowest BCUT2D eigenvalue weighted by Crippen LogP contribution is -2.49. The molecule has 1 aromatic carbocycles. The SMILES string of the molecule is CCN(CC)c1ccc(N2CCN(S(=O)(=O)c3ccccc3OC(F)(F)F)CC2)nn1. The predicted octanol–water partition coefficient (Wildman–Crippen LogP) is 2.73. The summed E-state index contributed by atoms with van der Waals surface area (Å²) in [5, 5.41) is 8.48. The van der Waals surface area contributed by atoms with Gasteiger partial charge in [0.05, 0.1) is 0 Å². The van der Waals surface area contributed by atoms with Gasteiger partial charge in [-0.3, -0.25) is 0 Å². The summed E-state index contributed by atoms with van der Waals surface area (Å²) in [5.74, 6) is 0.639. The lowest BCUT2D eigenvalue weighted by atomic mass is 10.3. The summed E-state index contributed by atoms with van der Waals surface area (Å²) in [6.07, 6.45) is -4.99. The number of hydrogen-bond acceptors (Lipinski definition) is 7. The van der Waals surface area contributed by atoms with Gasteiger partial charge in [0.25, 0.3) is 0 Å². The molecule has 2 aromatic rings. The zero-order valence-electron chi connectivity index (χ0n) is 17.2. The number of rotatable bonds is 7. The lowest BCUT2D eigenvalue weighted by Gasteiger charge is -2.34. The Labute approximate surface area is 179 Å². The molecule has 31 heavy (non-hydrogen) atoms. The van der Waals surface area contributed by atoms with Gasteiger partial charge in [-0.25, -0.2) is 8.42 Å². The standard InChI is InChI=1S/C19H24F3N5O3S/c1-3-25(4-2)17-9-10-18(24-23-17)26-11-13-27(14-12-26)31(28,29)16-8-6-5-7-15(16)30-19(20,21)22/h5-10H,3-4,11-14H2,1-2H3. The van der Waals surface area contributed by atoms with Crippen LogP contribution in [0.1, 0.15) is 13.8 Å². The van der Waals surface area contributed by atoms with Crippen molar-refractivity contribution in [1.82, 2.24) is 14.5 Å². The Hall–Kier alpha value is -2.60. The van der Waals surface area contributed by atoms with Crippen LogP contribution in [0.15, 0.2) is 41.3 Å². The number of alkyl halides is 3. The molecule has 0 spiro atoms. The number of anilines is 2. The molecule has 0 unspecified atom stereocenters. The zero-order chi connectivity index (χ0) is 22.6. The third kappa shape index (κ3) is 5.37. The lowest BCUT2D eigenvalue weighted by molar-refractivity contribution is -0.275. The van der Waals surface area contributed by atoms with Gasteiger partial charge in [-0.2, -0.15) is 4.31 Å². The van der Waals surface area contributed by atoms with Gasteiger partial charge in [0.15, 0.2) is 11.6 Å². The van der Waals surface area contributed by atoms with Gasteiger partial charge in [0.1, 0.15) is 10.6 Å². The Morgan fingerprint density at radius 2 is 1.65 bits per heavy atom. The van der Waals surface area contributed by atoms with Gasteiger partial charge in [0, 0.05) is 39.3 Å². The van der Waals surface area contributed by atoms with Gasteiger partial charge in [-0.15, -0.1) is 23.4 Å². The van der Waals surface area contributed by atoms with E-state index >= 15 is 0 Å². The van der Waals surface area contributed by atoms with Gasteiger partial charge in [0.2, 0.25) is 10.0 Å². The number of aromatic nitrogens is 2. The van der Waals surface area contributed by atoms with Crippen LogP contribution in [0.2, 0.25) is 0 Å². The van der Waals surface area contributed by atoms with E-state index in [1.165, 1.54) is 12.1 Å². The molecule has 1 saturated heterocycles. The number of halogens is 3. The second-order valence-electron chi connectivity index (χ2n) is 6.81. The Morgan fingerprint density at radius 3 is 2.19 bits per heavy atom. The number of ether oxygens (including phenoxy) is 1. The molecular formula is C19H24F3N5O3S. The molecule has 1 fully saturated rings. The number of nitrogens with zero attached hydrogens (tertiary/aromatic N) is 5. The summed E-state index contributed by atoms with van der Waals surface area (Å²) < 4.78 is 68.9. The van der Waals surface area contributed by atoms with Crippen molar-refractivity contribution >= 4 is 21.7 Å². The first-order chi connectivity index (χ1) is 14.7. The minimum Gasteiger partial charge on any atom is -0.404 e. The highest BCUT2D eigenvalue weighted by Gasteiger charge is 2.36. The van der Waals surface area contributed by atoms with Crippen LogP contribution < -0.4 is 14.5 Å². The quantitative estimate of drug-likeness (QED) is 0.630. The van der Waals surface area contributed by atoms with Crippen LogP contribution >= 0.6 is 0 Å². The van der Waals surface area contributed by atoms with E-state index in [-0.39, 0.29) is 13.1 Å². The van der Waals surface area contributed by atoms with E-state index < -0.39 is 27.0 Å². The van der Waals surface area contributed by atoms with E-state index in [9.17, 15) is 21.6 Å². The maximum Gasteiger partial charge on any atom is 0.573 e. The molecule has 0 atom stereocenters. The van der Waals surface area contributed by atoms with E-state index in [0.717, 1.165) is 35.3 Å². The van der Waals surface area contributed by atoms with E-state index in [1.807, 2.05) is 30.9 Å². The van der Waals surface area contributed by atoms with Crippen LogP contribution in [0.4, 0.5) is 24.8 Å². The first-order valence-electron chi connectivity index (χ1n) is 9.84. The summed E-state index contributed by atoms with van der Waals surface area (Å²) in [6, 6.07) is 8.45. The Kier molecular flexibility index (Phi) is 6.90. The third-order valence-electron chi connectivity index (χ3n) is 4.98. The van der Waals surface area contributed by atoms with Crippen LogP contribution in [0.5, 0.6) is 5.75 Å². The largest absolute Gasteiger partial charge is 0.573 e. The van der Waals surface area contributed by atoms with Crippen molar-refractivity contribution in [1.29, 1.82) is 0 Å². The highest BCUT2D eigenvalue weighted by molar-refractivity contribution is 7.89. The van der Waals surface area contributed by atoms with Gasteiger partial charge >= 0.3 is 6.36 Å². The second-order valence-corrected chi connectivity index (χ2v) is 8.71. The van der Waals surface area contributed by atoms with Crippen molar-refractivity contribution < 1.29 is 26.3 Å². The molecule has 3 rings (SSSR count). The highest BCUT2D eigenvalue weighted by Crippen LogP contribution is 2.31. The molecule has 0 radical (unpaired) electrons. The molecule has 12 heteroatoms. The number of para-hydroxylation sites is 1. The van der Waals surface area contributed by atoms with Crippen molar-refractivity contribution in [3.05, 3.63) is 36.4 Å². The molecular weight excluding hydrogens is 435 g/mol. The summed E-state index contributed by atoms with van der Waals surface area (Å²) in [7, 11) is -4.16. The fourth-order valence-corrected chi connectivity index (χ4v) is 4.91. The summed E-state index contributed by atoms with van der Waals surface area (Å²) in [6.45, 7) is 6.53. The summed E-state index contributed by atoms with van der Waals surface area (Å²) >= 11 is 0. The highest BCUT2D eigenvalue weighted by atomic mass is 32.2. The predicted molar refractivity (Wildman–Crippen MR) is 110 cm³/mol. The topological polar surface area (TPSA) is 78.9 Å². The van der Waals surface area contributed by atoms with Crippen LogP contribution in [-0.4, -0.2) is 68.6 Å². The third-order valence-corrected chi connectivity index (χ3v) is 6.92. The Morgan fingerprint density at radius 1 is 1.00 bits per heavy atom. The average molecular weight is 459 g/mol. The molecule has 1 aromatic heterocycles. The van der Waals surface area contributed by atoms with Crippen LogP contribution in [0.25, 0.3) is 0 Å². The minimum atomic E-state index is -4.99. The maximum absolute atomic E-state index is 12.9. The molecule has 1 aliphatic heterocycles. The number of hydrogen-bond donors (Lipinski definition) is 0. The van der Waals surface area contributed by atoms with Crippen LogP contribution in [0, 0.1) is 0 Å². The van der Waals surface area contributed by atoms with E-state index in [2.05, 4.69) is 19.8 Å². The maximum atomic E-state index is 12.9. The summed E-state index contributed by atoms with van der Waals surface area (Å²) in [4.78, 5) is 3.44. The monoisotopic (exact) mass is 459 g/mol. The van der Waals surface area contributed by atoms with E-state index in [0.29, 0.717) is 18.9 Å². The fourth-order valence-electron chi connectivity index (χ4n) is 3.37. The van der Waals surface area contributed by atoms with E-state index in [4.69, 9.17) is 0 Å². The molecule has 0 N–H and O–H groups in total. The normalized spacial score (nSPS) is 15.7. The Bertz CT molecular complexity index is 974. The van der Waals surface area contributed by atoms with Crippen molar-refractivity contribution in [2.45, 2.75) is 25.1 Å². The number of sulfonamides is 1. The molecule has 8 nitrogen and oxygen atoms in total. The molecule has 2 heterocycles. The van der Waals surface area contributed by atoms with E-state index in [1.54, 1.807) is 0 Å².